The summed E-state index contributed by atoms with van der Waals surface area (Å²) < 4.78 is 0. The normalized spacial score (nSPS) is 11.7. The summed E-state index contributed by atoms with van der Waals surface area (Å²) in [4.78, 5) is 0. The molecule has 0 saturated carbocycles. The Labute approximate surface area is 86.8 Å². The molecule has 0 radical (unpaired) electrons. The lowest BCUT2D eigenvalue weighted by Gasteiger charge is -2.21. The van der Waals surface area contributed by atoms with E-state index in [0.29, 0.717) is 0 Å². The van der Waals surface area contributed by atoms with Gasteiger partial charge in [-0.3, -0.25) is 0 Å². The number of benzene rings is 1. The van der Waals surface area contributed by atoms with Crippen molar-refractivity contribution in [1.29, 1.82) is 0 Å². The predicted octanol–water partition coefficient (Wildman–Crippen LogP) is 2.81. The van der Waals surface area contributed by atoms with Gasteiger partial charge in [0.15, 0.2) is 0 Å². The van der Waals surface area contributed by atoms with Crippen molar-refractivity contribution in [3.8, 4) is 0 Å². The van der Waals surface area contributed by atoms with Crippen molar-refractivity contribution >= 4 is 0 Å². The van der Waals surface area contributed by atoms with E-state index in [1.807, 2.05) is 0 Å². The molecular formula is C13H20O. The molecule has 0 spiro atoms. The lowest BCUT2D eigenvalue weighted by molar-refractivity contribution is 0.159. The molecule has 0 aromatic heterocycles. The van der Waals surface area contributed by atoms with Crippen LogP contribution in [0.2, 0.25) is 0 Å². The Morgan fingerprint density at radius 3 is 2.43 bits per heavy atom. The molecule has 0 aliphatic heterocycles. The van der Waals surface area contributed by atoms with Gasteiger partial charge in [-0.2, -0.15) is 0 Å². The van der Waals surface area contributed by atoms with Gasteiger partial charge < -0.3 is 5.11 Å². The Hall–Kier alpha value is -0.820. The van der Waals surface area contributed by atoms with Gasteiger partial charge in [0.2, 0.25) is 0 Å². The summed E-state index contributed by atoms with van der Waals surface area (Å²) in [5, 5.41) is 9.18. The zero-order valence-corrected chi connectivity index (χ0v) is 9.38. The van der Waals surface area contributed by atoms with Crippen LogP contribution in [0.25, 0.3) is 0 Å². The van der Waals surface area contributed by atoms with Crippen molar-refractivity contribution in [2.24, 2.45) is 5.41 Å². The summed E-state index contributed by atoms with van der Waals surface area (Å²) in [5.74, 6) is 0. The van der Waals surface area contributed by atoms with Gasteiger partial charge in [0, 0.05) is 6.61 Å². The van der Waals surface area contributed by atoms with E-state index in [1.165, 1.54) is 11.1 Å². The summed E-state index contributed by atoms with van der Waals surface area (Å²) in [7, 11) is 0. The minimum Gasteiger partial charge on any atom is -0.396 e. The maximum atomic E-state index is 9.18. The van der Waals surface area contributed by atoms with E-state index in [2.05, 4.69) is 45.0 Å². The van der Waals surface area contributed by atoms with Crippen LogP contribution in [0.1, 0.15) is 31.9 Å². The third kappa shape index (κ3) is 3.15. The first-order valence-corrected chi connectivity index (χ1v) is 5.26. The highest BCUT2D eigenvalue weighted by Crippen LogP contribution is 2.21. The molecule has 1 aromatic rings. The molecule has 0 fully saturated rings. The molecule has 0 amide bonds. The molecule has 1 rings (SSSR count). The van der Waals surface area contributed by atoms with Crippen molar-refractivity contribution in [3.05, 3.63) is 35.4 Å². The van der Waals surface area contributed by atoms with Gasteiger partial charge in [-0.25, -0.2) is 0 Å². The van der Waals surface area contributed by atoms with Gasteiger partial charge >= 0.3 is 0 Å². The molecule has 1 aromatic carbocycles. The van der Waals surface area contributed by atoms with Crippen LogP contribution >= 0.6 is 0 Å². The Morgan fingerprint density at radius 1 is 1.21 bits per heavy atom. The van der Waals surface area contributed by atoms with Gasteiger partial charge in [-0.05, 0) is 29.4 Å². The fourth-order valence-electron chi connectivity index (χ4n) is 1.57. The van der Waals surface area contributed by atoms with Crippen LogP contribution in [-0.4, -0.2) is 11.7 Å². The molecule has 14 heavy (non-hydrogen) atoms. The van der Waals surface area contributed by atoms with E-state index in [9.17, 15) is 5.11 Å². The Bertz CT molecular complexity index is 289. The fraction of sp³-hybridized carbons (Fsp3) is 0.538. The van der Waals surface area contributed by atoms with Gasteiger partial charge in [0.25, 0.3) is 0 Å². The van der Waals surface area contributed by atoms with Crippen molar-refractivity contribution in [2.75, 3.05) is 6.61 Å². The van der Waals surface area contributed by atoms with E-state index in [-0.39, 0.29) is 12.0 Å². The summed E-state index contributed by atoms with van der Waals surface area (Å²) in [5.41, 5.74) is 2.69. The molecule has 0 aliphatic rings. The zero-order valence-electron chi connectivity index (χ0n) is 9.38. The monoisotopic (exact) mass is 192 g/mol. The van der Waals surface area contributed by atoms with Crippen LogP contribution in [0, 0.1) is 5.41 Å². The first-order valence-electron chi connectivity index (χ1n) is 5.26. The number of hydrogen-bond acceptors (Lipinski definition) is 1. The van der Waals surface area contributed by atoms with Gasteiger partial charge in [-0.15, -0.1) is 0 Å². The second-order valence-corrected chi connectivity index (χ2v) is 4.67. The second kappa shape index (κ2) is 4.61. The van der Waals surface area contributed by atoms with Crippen molar-refractivity contribution < 1.29 is 5.11 Å². The largest absolute Gasteiger partial charge is 0.396 e. The Morgan fingerprint density at radius 2 is 1.86 bits per heavy atom. The molecule has 0 bridgehead atoms. The van der Waals surface area contributed by atoms with Crippen molar-refractivity contribution in [2.45, 2.75) is 33.6 Å². The first-order chi connectivity index (χ1) is 6.57. The van der Waals surface area contributed by atoms with Crippen LogP contribution in [0.3, 0.4) is 0 Å². The molecule has 0 saturated heterocycles. The minimum absolute atomic E-state index is 0.00757. The van der Waals surface area contributed by atoms with E-state index in [1.54, 1.807) is 0 Å². The van der Waals surface area contributed by atoms with Crippen LogP contribution in [0.5, 0.6) is 0 Å². The third-order valence-corrected chi connectivity index (χ3v) is 2.51. The molecule has 0 aliphatic carbocycles. The number of rotatable bonds is 4. The summed E-state index contributed by atoms with van der Waals surface area (Å²) >= 11 is 0. The van der Waals surface area contributed by atoms with Crippen LogP contribution in [-0.2, 0) is 12.8 Å². The third-order valence-electron chi connectivity index (χ3n) is 2.51. The lowest BCUT2D eigenvalue weighted by atomic mass is 9.86. The highest BCUT2D eigenvalue weighted by atomic mass is 16.3. The summed E-state index contributed by atoms with van der Waals surface area (Å²) in [6.45, 7) is 6.58. The first kappa shape index (κ1) is 11.3. The lowest BCUT2D eigenvalue weighted by Crippen LogP contribution is -2.19. The van der Waals surface area contributed by atoms with Gasteiger partial charge in [0.05, 0.1) is 0 Å². The van der Waals surface area contributed by atoms with E-state index >= 15 is 0 Å². The zero-order chi connectivity index (χ0) is 10.6. The minimum atomic E-state index is -0.00757. The maximum Gasteiger partial charge on any atom is 0.0485 e. The van der Waals surface area contributed by atoms with E-state index in [4.69, 9.17) is 0 Å². The number of aliphatic hydroxyl groups is 1. The summed E-state index contributed by atoms with van der Waals surface area (Å²) in [6.07, 6.45) is 2.02. The number of aliphatic hydroxyl groups excluding tert-OH is 1. The molecule has 1 N–H and O–H groups in total. The van der Waals surface area contributed by atoms with Crippen LogP contribution in [0.15, 0.2) is 24.3 Å². The SMILES string of the molecule is CCc1cccc(CC(C)(C)CO)c1. The molecular weight excluding hydrogens is 172 g/mol. The molecule has 1 nitrogen and oxygen atoms in total. The maximum absolute atomic E-state index is 9.18. The molecule has 0 heterocycles. The topological polar surface area (TPSA) is 20.2 Å². The van der Waals surface area contributed by atoms with Crippen molar-refractivity contribution in [3.63, 3.8) is 0 Å². The number of hydrogen-bond donors (Lipinski definition) is 1. The fourth-order valence-corrected chi connectivity index (χ4v) is 1.57. The number of aryl methyl sites for hydroxylation is 1. The highest BCUT2D eigenvalue weighted by molar-refractivity contribution is 5.24. The smallest absolute Gasteiger partial charge is 0.0485 e. The Balaban J connectivity index is 2.76. The van der Waals surface area contributed by atoms with E-state index < -0.39 is 0 Å². The summed E-state index contributed by atoms with van der Waals surface area (Å²) in [6, 6.07) is 8.62. The standard InChI is InChI=1S/C13H20O/c1-4-11-6-5-7-12(8-11)9-13(2,3)10-14/h5-8,14H,4,9-10H2,1-3H3. The predicted molar refractivity (Wildman–Crippen MR) is 60.4 cm³/mol. The van der Waals surface area contributed by atoms with E-state index in [0.717, 1.165) is 12.8 Å². The van der Waals surface area contributed by atoms with Crippen molar-refractivity contribution in [1.82, 2.24) is 0 Å². The molecule has 1 heteroatoms. The van der Waals surface area contributed by atoms with Gasteiger partial charge in [0.1, 0.15) is 0 Å². The van der Waals surface area contributed by atoms with Gasteiger partial charge in [-0.1, -0.05) is 45.0 Å². The van der Waals surface area contributed by atoms with Crippen LogP contribution < -0.4 is 0 Å². The molecule has 78 valence electrons. The van der Waals surface area contributed by atoms with Crippen LogP contribution in [0.4, 0.5) is 0 Å². The average molecular weight is 192 g/mol. The second-order valence-electron chi connectivity index (χ2n) is 4.67. The Kier molecular flexibility index (Phi) is 3.70. The molecule has 0 unspecified atom stereocenters. The average Bonchev–Trinajstić information content (AvgIpc) is 2.17. The molecule has 0 atom stereocenters. The highest BCUT2D eigenvalue weighted by Gasteiger charge is 2.16. The quantitative estimate of drug-likeness (QED) is 0.777.